The van der Waals surface area contributed by atoms with E-state index in [1.807, 2.05) is 6.92 Å². The Morgan fingerprint density at radius 1 is 1.04 bits per heavy atom. The maximum Gasteiger partial charge on any atom is 0.350 e. The smallest absolute Gasteiger partial charge is 0.350 e. The highest BCUT2D eigenvalue weighted by atomic mass is 35.5. The van der Waals surface area contributed by atoms with Crippen molar-refractivity contribution in [2.75, 3.05) is 68.8 Å². The van der Waals surface area contributed by atoms with E-state index in [0.717, 1.165) is 38.5 Å². The molecule has 1 N–H and O–H groups in total. The molecule has 46 heavy (non-hydrogen) atoms. The van der Waals surface area contributed by atoms with Gasteiger partial charge in [-0.05, 0) is 39.0 Å². The molecule has 3 aromatic rings. The molecule has 0 spiro atoms. The minimum absolute atomic E-state index is 0.0169. The first-order chi connectivity index (χ1) is 22.1. The first-order valence-electron chi connectivity index (χ1n) is 16.0. The fraction of sp³-hybridized carbons (Fsp3) is 0.594. The predicted molar refractivity (Wildman–Crippen MR) is 183 cm³/mol. The lowest BCUT2D eigenvalue weighted by atomic mass is 9.88. The number of rotatable bonds is 12. The molecule has 0 radical (unpaired) electrons. The summed E-state index contributed by atoms with van der Waals surface area (Å²) in [5.41, 5.74) is 1.98. The number of aromatic nitrogens is 4. The zero-order valence-corrected chi connectivity index (χ0v) is 29.5. The molecule has 11 nitrogen and oxygen atoms in total. The van der Waals surface area contributed by atoms with Gasteiger partial charge in [0.1, 0.15) is 27.8 Å². The van der Waals surface area contributed by atoms with Gasteiger partial charge in [0.2, 0.25) is 0 Å². The zero-order chi connectivity index (χ0) is 33.0. The summed E-state index contributed by atoms with van der Waals surface area (Å²) in [4.78, 5) is 50.8. The molecule has 0 saturated carbocycles. The van der Waals surface area contributed by atoms with Gasteiger partial charge in [-0.3, -0.25) is 9.69 Å². The van der Waals surface area contributed by atoms with Crippen LogP contribution in [0.15, 0.2) is 12.4 Å². The zero-order valence-electron chi connectivity index (χ0n) is 27.1. The predicted octanol–water partition coefficient (Wildman–Crippen LogP) is 6.00. The molecule has 2 aliphatic rings. The molecule has 3 aromatic heterocycles. The van der Waals surface area contributed by atoms with Crippen LogP contribution >= 0.6 is 34.5 Å². The number of halogens is 2. The number of piperazine rings is 1. The van der Waals surface area contributed by atoms with Crippen LogP contribution in [0.5, 0.6) is 0 Å². The minimum atomic E-state index is -0.438. The van der Waals surface area contributed by atoms with Crippen molar-refractivity contribution in [3.8, 4) is 11.4 Å². The average molecular weight is 693 g/mol. The summed E-state index contributed by atoms with van der Waals surface area (Å²) in [6.45, 7) is 16.8. The number of H-pyrrole nitrogens is 1. The Morgan fingerprint density at radius 2 is 1.80 bits per heavy atom. The summed E-state index contributed by atoms with van der Waals surface area (Å²) in [6.07, 6.45) is 4.22. The summed E-state index contributed by atoms with van der Waals surface area (Å²) in [5.74, 6) is 0.907. The van der Waals surface area contributed by atoms with Gasteiger partial charge in [0.15, 0.2) is 10.9 Å². The Morgan fingerprint density at radius 3 is 2.41 bits per heavy atom. The van der Waals surface area contributed by atoms with Gasteiger partial charge in [0.05, 0.1) is 35.1 Å². The number of hydrogen-bond acceptors (Lipinski definition) is 11. The lowest BCUT2D eigenvalue weighted by Gasteiger charge is -2.38. The number of ketones is 1. The van der Waals surface area contributed by atoms with Crippen LogP contribution < -0.4 is 9.80 Å². The fourth-order valence-corrected chi connectivity index (χ4v) is 7.55. The largest absolute Gasteiger partial charge is 0.462 e. The van der Waals surface area contributed by atoms with Crippen molar-refractivity contribution in [2.24, 2.45) is 11.8 Å². The highest BCUT2D eigenvalue weighted by molar-refractivity contribution is 7.17. The normalized spacial score (nSPS) is 19.2. The SMILES string of the molecule is CCOC(=O)c1sc(N2CC[C@@H](CC(=O)c3[nH]c(C)c(Cl)c3Cl)[C@@H](OCC)C2)nc1-c1cnc(N2CCN(CC(C)C)CC2)cn1. The van der Waals surface area contributed by atoms with Crippen LogP contribution in [0.4, 0.5) is 10.9 Å². The number of thiazole rings is 1. The van der Waals surface area contributed by atoms with Gasteiger partial charge in [-0.1, -0.05) is 48.4 Å². The number of esters is 1. The molecule has 5 heterocycles. The maximum atomic E-state index is 13.2. The number of Topliss-reactive ketones (excluding diaryl/α,β-unsaturated/α-hetero) is 1. The van der Waals surface area contributed by atoms with Crippen LogP contribution in [0.2, 0.25) is 10.0 Å². The molecule has 14 heteroatoms. The number of aromatic amines is 1. The van der Waals surface area contributed by atoms with Crippen molar-refractivity contribution >= 4 is 57.2 Å². The third-order valence-electron chi connectivity index (χ3n) is 8.40. The Labute approximate surface area is 284 Å². The number of aryl methyl sites for hydroxylation is 1. The van der Waals surface area contributed by atoms with Gasteiger partial charge in [-0.2, -0.15) is 0 Å². The van der Waals surface area contributed by atoms with E-state index >= 15 is 0 Å². The van der Waals surface area contributed by atoms with Crippen LogP contribution in [-0.4, -0.2) is 102 Å². The number of anilines is 2. The van der Waals surface area contributed by atoms with E-state index in [0.29, 0.717) is 69.8 Å². The van der Waals surface area contributed by atoms with Gasteiger partial charge in [0, 0.05) is 64.5 Å². The highest BCUT2D eigenvalue weighted by Gasteiger charge is 2.35. The quantitative estimate of drug-likeness (QED) is 0.179. The summed E-state index contributed by atoms with van der Waals surface area (Å²) in [6, 6.07) is 0. The van der Waals surface area contributed by atoms with Crippen LogP contribution in [0.1, 0.15) is 66.4 Å². The van der Waals surface area contributed by atoms with Crippen molar-refractivity contribution in [1.82, 2.24) is 24.8 Å². The molecule has 0 aliphatic carbocycles. The number of piperidine rings is 1. The van der Waals surface area contributed by atoms with Crippen LogP contribution in [0.3, 0.4) is 0 Å². The summed E-state index contributed by atoms with van der Waals surface area (Å²) in [7, 11) is 0. The number of hydrogen-bond donors (Lipinski definition) is 1. The van der Waals surface area contributed by atoms with E-state index in [9.17, 15) is 9.59 Å². The van der Waals surface area contributed by atoms with E-state index in [1.54, 1.807) is 26.2 Å². The van der Waals surface area contributed by atoms with E-state index in [1.165, 1.54) is 11.3 Å². The molecule has 0 amide bonds. The number of nitrogens with zero attached hydrogens (tertiary/aromatic N) is 6. The van der Waals surface area contributed by atoms with Crippen molar-refractivity contribution in [1.29, 1.82) is 0 Å². The molecule has 2 saturated heterocycles. The van der Waals surface area contributed by atoms with Crippen molar-refractivity contribution in [2.45, 2.75) is 53.6 Å². The number of ether oxygens (including phenoxy) is 2. The molecular formula is C32H43Cl2N7O4S. The Bertz CT molecular complexity index is 1500. The molecule has 0 unspecified atom stereocenters. The van der Waals surface area contributed by atoms with Crippen molar-refractivity contribution in [3.05, 3.63) is 38.7 Å². The Balaban J connectivity index is 1.31. The molecule has 5 rings (SSSR count). The number of carbonyl (C=O) groups excluding carboxylic acids is 2. The van der Waals surface area contributed by atoms with E-state index in [4.69, 9.17) is 47.6 Å². The Hall–Kier alpha value is -2.77. The first kappa shape index (κ1) is 34.6. The van der Waals surface area contributed by atoms with Gasteiger partial charge in [0.25, 0.3) is 0 Å². The summed E-state index contributed by atoms with van der Waals surface area (Å²) in [5, 5.41) is 1.31. The topological polar surface area (TPSA) is 117 Å². The Kier molecular flexibility index (Phi) is 11.6. The third-order valence-corrected chi connectivity index (χ3v) is 10.4. The second kappa shape index (κ2) is 15.4. The molecule has 250 valence electrons. The van der Waals surface area contributed by atoms with Gasteiger partial charge in [-0.25, -0.2) is 19.7 Å². The molecule has 2 atom stereocenters. The maximum absolute atomic E-state index is 13.2. The molecule has 2 fully saturated rings. The molecule has 0 bridgehead atoms. The standard InChI is InChI=1S/C32H43Cl2N7O4S/c1-6-44-24-18-41(9-8-21(24)14-23(42)29-27(34)26(33)20(5)37-29)32-38-28(30(46-32)31(43)45-7-2)22-15-36-25(16-35-22)40-12-10-39(11-13-40)17-19(3)4/h15-16,19,21,24,37H,6-14,17-18H2,1-5H3/t21-,24-/m0/s1. The second-order valence-corrected chi connectivity index (χ2v) is 13.9. The molecule has 0 aromatic carbocycles. The van der Waals surface area contributed by atoms with Crippen LogP contribution in [0.25, 0.3) is 11.4 Å². The lowest BCUT2D eigenvalue weighted by Crippen LogP contribution is -2.47. The number of carbonyl (C=O) groups is 2. The lowest BCUT2D eigenvalue weighted by molar-refractivity contribution is 0.0103. The molecule has 2 aliphatic heterocycles. The van der Waals surface area contributed by atoms with Crippen molar-refractivity contribution < 1.29 is 19.1 Å². The molecular weight excluding hydrogens is 649 g/mol. The summed E-state index contributed by atoms with van der Waals surface area (Å²) >= 11 is 13.8. The van der Waals surface area contributed by atoms with E-state index < -0.39 is 5.97 Å². The third kappa shape index (κ3) is 7.84. The van der Waals surface area contributed by atoms with Gasteiger partial charge >= 0.3 is 5.97 Å². The van der Waals surface area contributed by atoms with Gasteiger partial charge in [-0.15, -0.1) is 0 Å². The second-order valence-electron chi connectivity index (χ2n) is 12.2. The average Bonchev–Trinajstić information content (AvgIpc) is 3.60. The van der Waals surface area contributed by atoms with Crippen LogP contribution in [0, 0.1) is 18.8 Å². The highest BCUT2D eigenvalue weighted by Crippen LogP contribution is 2.37. The van der Waals surface area contributed by atoms with E-state index in [-0.39, 0.29) is 35.9 Å². The van der Waals surface area contributed by atoms with Crippen molar-refractivity contribution in [3.63, 3.8) is 0 Å². The van der Waals surface area contributed by atoms with Crippen LogP contribution in [-0.2, 0) is 9.47 Å². The minimum Gasteiger partial charge on any atom is -0.462 e. The van der Waals surface area contributed by atoms with E-state index in [2.05, 4.69) is 33.5 Å². The summed E-state index contributed by atoms with van der Waals surface area (Å²) < 4.78 is 11.5. The van der Waals surface area contributed by atoms with Gasteiger partial charge < -0.3 is 24.3 Å². The monoisotopic (exact) mass is 691 g/mol. The fourth-order valence-electron chi connectivity index (χ4n) is 6.11. The number of nitrogens with one attached hydrogen (secondary N) is 1. The first-order valence-corrected chi connectivity index (χ1v) is 17.6.